The molecule has 6 aromatic rings. The van der Waals surface area contributed by atoms with E-state index in [0.29, 0.717) is 28.4 Å². The summed E-state index contributed by atoms with van der Waals surface area (Å²) in [5.74, 6) is -2.13. The van der Waals surface area contributed by atoms with Gasteiger partial charge in [0.1, 0.15) is 22.0 Å². The predicted molar refractivity (Wildman–Crippen MR) is 142 cm³/mol. The van der Waals surface area contributed by atoms with Crippen LogP contribution >= 0.6 is 0 Å². The van der Waals surface area contributed by atoms with Crippen LogP contribution in [-0.2, 0) is 10.0 Å². The Hall–Kier alpha value is -5.10. The van der Waals surface area contributed by atoms with Gasteiger partial charge in [-0.3, -0.25) is 9.52 Å². The van der Waals surface area contributed by atoms with Crippen molar-refractivity contribution in [3.63, 3.8) is 0 Å². The van der Waals surface area contributed by atoms with Crippen molar-refractivity contribution in [1.82, 2.24) is 14.5 Å². The van der Waals surface area contributed by atoms with Crippen molar-refractivity contribution in [3.8, 4) is 16.8 Å². The SMILES string of the molecule is Nc1nc2ccc(-c3cc(NS(=O)(=O)c4ccc(F)cc4F)c4ncoc4c3)cc2c(=O)n1-c1ccccc1. The second-order valence-corrected chi connectivity index (χ2v) is 10.2. The van der Waals surface area contributed by atoms with Gasteiger partial charge in [0.05, 0.1) is 22.3 Å². The van der Waals surface area contributed by atoms with E-state index in [1.165, 1.54) is 10.6 Å². The molecule has 0 unspecified atom stereocenters. The van der Waals surface area contributed by atoms with Crippen LogP contribution in [0.4, 0.5) is 20.4 Å². The van der Waals surface area contributed by atoms with Crippen LogP contribution in [0, 0.1) is 11.6 Å². The van der Waals surface area contributed by atoms with Gasteiger partial charge in [-0.05, 0) is 59.7 Å². The predicted octanol–water partition coefficient (Wildman–Crippen LogP) is 4.86. The molecule has 0 aliphatic rings. The zero-order chi connectivity index (χ0) is 27.3. The van der Waals surface area contributed by atoms with Crippen LogP contribution in [0.3, 0.4) is 0 Å². The molecule has 0 fully saturated rings. The molecule has 2 heterocycles. The molecule has 0 aliphatic carbocycles. The number of nitrogens with two attached hydrogens (primary N) is 1. The fourth-order valence-corrected chi connectivity index (χ4v) is 5.43. The van der Waals surface area contributed by atoms with Crippen molar-refractivity contribution >= 4 is 43.7 Å². The number of nitrogen functional groups attached to an aromatic ring is 1. The molecule has 6 rings (SSSR count). The number of para-hydroxylation sites is 1. The summed E-state index contributed by atoms with van der Waals surface area (Å²) in [6.45, 7) is 0. The third-order valence-electron chi connectivity index (χ3n) is 6.11. The van der Waals surface area contributed by atoms with Crippen molar-refractivity contribution in [2.24, 2.45) is 0 Å². The highest BCUT2D eigenvalue weighted by molar-refractivity contribution is 7.92. The smallest absolute Gasteiger partial charge is 0.267 e. The summed E-state index contributed by atoms with van der Waals surface area (Å²) in [6.07, 6.45) is 1.14. The molecule has 194 valence electrons. The number of hydrogen-bond acceptors (Lipinski definition) is 7. The third kappa shape index (κ3) is 4.26. The lowest BCUT2D eigenvalue weighted by atomic mass is 10.0. The maximum atomic E-state index is 14.3. The Kier molecular flexibility index (Phi) is 5.61. The molecule has 0 spiro atoms. The highest BCUT2D eigenvalue weighted by atomic mass is 32.2. The molecule has 2 aromatic heterocycles. The number of hydrogen-bond donors (Lipinski definition) is 2. The maximum absolute atomic E-state index is 14.3. The first kappa shape index (κ1) is 24.2. The normalized spacial score (nSPS) is 11.7. The van der Waals surface area contributed by atoms with Crippen LogP contribution in [-0.4, -0.2) is 23.0 Å². The van der Waals surface area contributed by atoms with Crippen LogP contribution < -0.4 is 16.0 Å². The van der Waals surface area contributed by atoms with Crippen LogP contribution in [0.2, 0.25) is 0 Å². The van der Waals surface area contributed by atoms with Gasteiger partial charge >= 0.3 is 0 Å². The third-order valence-corrected chi connectivity index (χ3v) is 7.50. The number of sulfonamides is 1. The van der Waals surface area contributed by atoms with Crippen LogP contribution in [0.5, 0.6) is 0 Å². The number of halogens is 2. The van der Waals surface area contributed by atoms with E-state index in [1.54, 1.807) is 48.5 Å². The molecule has 12 heteroatoms. The summed E-state index contributed by atoms with van der Waals surface area (Å²) in [7, 11) is -4.46. The number of fused-ring (bicyclic) bond motifs is 2. The minimum Gasteiger partial charge on any atom is -0.443 e. The molecule has 0 amide bonds. The van der Waals surface area contributed by atoms with E-state index in [2.05, 4.69) is 14.7 Å². The van der Waals surface area contributed by atoms with Gasteiger partial charge in [0.2, 0.25) is 5.95 Å². The van der Waals surface area contributed by atoms with E-state index in [0.717, 1.165) is 18.5 Å². The van der Waals surface area contributed by atoms with Crippen LogP contribution in [0.1, 0.15) is 0 Å². The fourth-order valence-electron chi connectivity index (χ4n) is 4.31. The summed E-state index contributed by atoms with van der Waals surface area (Å²) in [6, 6.07) is 19.0. The number of rotatable bonds is 5. The van der Waals surface area contributed by atoms with E-state index >= 15 is 0 Å². The van der Waals surface area contributed by atoms with Crippen molar-refractivity contribution in [2.75, 3.05) is 10.5 Å². The number of anilines is 2. The van der Waals surface area contributed by atoms with E-state index in [-0.39, 0.29) is 33.7 Å². The molecule has 3 N–H and O–H groups in total. The summed E-state index contributed by atoms with van der Waals surface area (Å²) >= 11 is 0. The summed E-state index contributed by atoms with van der Waals surface area (Å²) in [5, 5.41) is 0.277. The zero-order valence-electron chi connectivity index (χ0n) is 19.8. The minimum absolute atomic E-state index is 0.00259. The topological polar surface area (TPSA) is 133 Å². The summed E-state index contributed by atoms with van der Waals surface area (Å²) in [5.41, 5.74) is 8.04. The van der Waals surface area contributed by atoms with E-state index in [4.69, 9.17) is 10.2 Å². The van der Waals surface area contributed by atoms with Gasteiger partial charge < -0.3 is 10.2 Å². The second-order valence-electron chi connectivity index (χ2n) is 8.58. The second kappa shape index (κ2) is 9.03. The molecular weight excluding hydrogens is 528 g/mol. The molecule has 0 saturated carbocycles. The molecule has 0 bridgehead atoms. The average Bonchev–Trinajstić information content (AvgIpc) is 3.38. The first-order chi connectivity index (χ1) is 18.7. The molecule has 0 atom stereocenters. The van der Waals surface area contributed by atoms with Crippen LogP contribution in [0.25, 0.3) is 38.8 Å². The first-order valence-corrected chi connectivity index (χ1v) is 12.9. The molecule has 9 nitrogen and oxygen atoms in total. The molecular formula is C27H17F2N5O4S. The molecule has 4 aromatic carbocycles. The number of benzene rings is 4. The minimum atomic E-state index is -4.46. The lowest BCUT2D eigenvalue weighted by molar-refractivity contribution is 0.551. The Labute approximate surface area is 219 Å². The van der Waals surface area contributed by atoms with E-state index in [9.17, 15) is 22.0 Å². The Balaban J connectivity index is 1.48. The quantitative estimate of drug-likeness (QED) is 0.316. The number of nitrogens with one attached hydrogen (secondary N) is 1. The highest BCUT2D eigenvalue weighted by Gasteiger charge is 2.22. The Morgan fingerprint density at radius 1 is 0.923 bits per heavy atom. The monoisotopic (exact) mass is 545 g/mol. The van der Waals surface area contributed by atoms with Gasteiger partial charge in [-0.1, -0.05) is 24.3 Å². The highest BCUT2D eigenvalue weighted by Crippen LogP contribution is 2.33. The van der Waals surface area contributed by atoms with Crippen molar-refractivity contribution in [1.29, 1.82) is 0 Å². The Morgan fingerprint density at radius 2 is 1.72 bits per heavy atom. The van der Waals surface area contributed by atoms with Crippen molar-refractivity contribution in [2.45, 2.75) is 4.90 Å². The zero-order valence-corrected chi connectivity index (χ0v) is 20.6. The van der Waals surface area contributed by atoms with Gasteiger partial charge in [0, 0.05) is 6.07 Å². The van der Waals surface area contributed by atoms with Gasteiger partial charge in [-0.15, -0.1) is 0 Å². The van der Waals surface area contributed by atoms with Gasteiger partial charge in [0.15, 0.2) is 12.0 Å². The number of oxazole rings is 1. The molecule has 0 radical (unpaired) electrons. The largest absolute Gasteiger partial charge is 0.443 e. The van der Waals surface area contributed by atoms with Crippen molar-refractivity contribution in [3.05, 3.63) is 107 Å². The Bertz CT molecular complexity index is 2080. The van der Waals surface area contributed by atoms with Gasteiger partial charge in [0.25, 0.3) is 15.6 Å². The molecule has 39 heavy (non-hydrogen) atoms. The standard InChI is InChI=1S/C27H17F2N5O4S/c28-17-7-9-24(20(29)13-17)39(36,37)33-22-11-16(12-23-25(22)31-14-38-23)15-6-8-21-19(10-15)26(35)34(27(30)32-21)18-4-2-1-3-5-18/h1-14,33H,(H2,30,32). The average molecular weight is 546 g/mol. The maximum Gasteiger partial charge on any atom is 0.267 e. The van der Waals surface area contributed by atoms with E-state index < -0.39 is 26.6 Å². The molecule has 0 saturated heterocycles. The van der Waals surface area contributed by atoms with E-state index in [1.807, 2.05) is 6.07 Å². The summed E-state index contributed by atoms with van der Waals surface area (Å²) in [4.78, 5) is 21.1. The number of aromatic nitrogens is 3. The van der Waals surface area contributed by atoms with Gasteiger partial charge in [-0.2, -0.15) is 0 Å². The fraction of sp³-hybridized carbons (Fsp3) is 0. The lowest BCUT2D eigenvalue weighted by Gasteiger charge is -2.13. The Morgan fingerprint density at radius 3 is 2.49 bits per heavy atom. The number of nitrogens with zero attached hydrogens (tertiary/aromatic N) is 3. The first-order valence-electron chi connectivity index (χ1n) is 11.4. The van der Waals surface area contributed by atoms with Crippen molar-refractivity contribution < 1.29 is 21.6 Å². The van der Waals surface area contributed by atoms with Crippen LogP contribution in [0.15, 0.2) is 99.4 Å². The summed E-state index contributed by atoms with van der Waals surface area (Å²) < 4.78 is 62.6. The molecule has 0 aliphatic heterocycles. The van der Waals surface area contributed by atoms with Gasteiger partial charge in [-0.25, -0.2) is 31.7 Å². The lowest BCUT2D eigenvalue weighted by Crippen LogP contribution is -2.23.